The average Bonchev–Trinajstić information content (AvgIpc) is 2.44. The Kier molecular flexibility index (Phi) is 6.15. The monoisotopic (exact) mass is 377 g/mol. The standard InChI is InChI=1S/C13H17Br2NO2/c1-3-13(8-14,9-15)16-12(17)10-6-4-5-7-11(10)18-2/h4-7H,3,8-9H2,1-2H3,(H,16,17). The summed E-state index contributed by atoms with van der Waals surface area (Å²) in [5, 5.41) is 4.45. The number of carbonyl (C=O) groups excluding carboxylic acids is 1. The van der Waals surface area contributed by atoms with Crippen LogP contribution in [0.15, 0.2) is 24.3 Å². The van der Waals surface area contributed by atoms with Crippen molar-refractivity contribution in [2.75, 3.05) is 17.8 Å². The van der Waals surface area contributed by atoms with Crippen LogP contribution in [0.2, 0.25) is 0 Å². The minimum absolute atomic E-state index is 0.117. The smallest absolute Gasteiger partial charge is 0.255 e. The number of benzene rings is 1. The van der Waals surface area contributed by atoms with Crippen LogP contribution in [0.1, 0.15) is 23.7 Å². The van der Waals surface area contributed by atoms with E-state index in [1.165, 1.54) is 0 Å². The Bertz CT molecular complexity index is 397. The van der Waals surface area contributed by atoms with Gasteiger partial charge in [-0.1, -0.05) is 50.9 Å². The lowest BCUT2D eigenvalue weighted by Crippen LogP contribution is -2.51. The van der Waals surface area contributed by atoms with Gasteiger partial charge < -0.3 is 10.1 Å². The van der Waals surface area contributed by atoms with Crippen LogP contribution < -0.4 is 10.1 Å². The van der Waals surface area contributed by atoms with E-state index >= 15 is 0 Å². The largest absolute Gasteiger partial charge is 0.496 e. The van der Waals surface area contributed by atoms with Crippen LogP contribution in [0.5, 0.6) is 5.75 Å². The molecule has 1 amide bonds. The zero-order chi connectivity index (χ0) is 13.6. The van der Waals surface area contributed by atoms with E-state index in [0.717, 1.165) is 6.42 Å². The van der Waals surface area contributed by atoms with Gasteiger partial charge in [0.2, 0.25) is 0 Å². The van der Waals surface area contributed by atoms with E-state index in [9.17, 15) is 4.79 Å². The van der Waals surface area contributed by atoms with Crippen LogP contribution in [0.4, 0.5) is 0 Å². The second-order valence-electron chi connectivity index (χ2n) is 4.06. The van der Waals surface area contributed by atoms with E-state index < -0.39 is 0 Å². The zero-order valence-corrected chi connectivity index (χ0v) is 13.7. The van der Waals surface area contributed by atoms with E-state index in [1.54, 1.807) is 19.2 Å². The van der Waals surface area contributed by atoms with E-state index in [2.05, 4.69) is 37.2 Å². The predicted molar refractivity (Wildman–Crippen MR) is 81.1 cm³/mol. The summed E-state index contributed by atoms with van der Waals surface area (Å²) in [4.78, 5) is 12.3. The molecule has 5 heteroatoms. The van der Waals surface area contributed by atoms with Gasteiger partial charge in [0.25, 0.3) is 5.91 Å². The van der Waals surface area contributed by atoms with Crippen LogP contribution in [0, 0.1) is 0 Å². The molecule has 0 aromatic heterocycles. The van der Waals surface area contributed by atoms with Crippen LogP contribution in [-0.4, -0.2) is 29.2 Å². The lowest BCUT2D eigenvalue weighted by atomic mass is 10.0. The van der Waals surface area contributed by atoms with E-state index in [-0.39, 0.29) is 11.4 Å². The maximum absolute atomic E-state index is 12.3. The number of alkyl halides is 2. The highest BCUT2D eigenvalue weighted by Crippen LogP contribution is 2.21. The predicted octanol–water partition coefficient (Wildman–Crippen LogP) is 3.36. The Morgan fingerprint density at radius 3 is 2.44 bits per heavy atom. The Hall–Kier alpha value is -0.550. The molecule has 18 heavy (non-hydrogen) atoms. The maximum Gasteiger partial charge on any atom is 0.255 e. The second kappa shape index (κ2) is 7.14. The number of rotatable bonds is 6. The van der Waals surface area contributed by atoms with Gasteiger partial charge in [0.15, 0.2) is 0 Å². The molecule has 0 fully saturated rings. The SMILES string of the molecule is CCC(CBr)(CBr)NC(=O)c1ccccc1OC. The summed E-state index contributed by atoms with van der Waals surface area (Å²) in [7, 11) is 1.56. The highest BCUT2D eigenvalue weighted by molar-refractivity contribution is 9.09. The number of methoxy groups -OCH3 is 1. The summed E-state index contributed by atoms with van der Waals surface area (Å²) < 4.78 is 5.20. The van der Waals surface area contributed by atoms with Gasteiger partial charge in [0.1, 0.15) is 5.75 Å². The second-order valence-corrected chi connectivity index (χ2v) is 5.18. The molecule has 0 aliphatic heterocycles. The van der Waals surface area contributed by atoms with Crippen LogP contribution in [-0.2, 0) is 0 Å². The highest BCUT2D eigenvalue weighted by atomic mass is 79.9. The van der Waals surface area contributed by atoms with Crippen molar-refractivity contribution in [1.29, 1.82) is 0 Å². The third-order valence-corrected chi connectivity index (χ3v) is 5.07. The van der Waals surface area contributed by atoms with E-state index in [0.29, 0.717) is 22.0 Å². The van der Waals surface area contributed by atoms with Crippen molar-refractivity contribution in [1.82, 2.24) is 5.32 Å². The molecular weight excluding hydrogens is 362 g/mol. The van der Waals surface area contributed by atoms with Crippen LogP contribution in [0.3, 0.4) is 0 Å². The quantitative estimate of drug-likeness (QED) is 0.770. The number of amides is 1. The lowest BCUT2D eigenvalue weighted by Gasteiger charge is -2.30. The normalized spacial score (nSPS) is 11.1. The van der Waals surface area contributed by atoms with E-state index in [4.69, 9.17) is 4.74 Å². The summed E-state index contributed by atoms with van der Waals surface area (Å²) in [6, 6.07) is 7.22. The van der Waals surface area contributed by atoms with Crippen LogP contribution in [0.25, 0.3) is 0 Å². The minimum atomic E-state index is -0.280. The summed E-state index contributed by atoms with van der Waals surface area (Å²) >= 11 is 6.91. The van der Waals surface area contributed by atoms with Crippen molar-refractivity contribution in [3.05, 3.63) is 29.8 Å². The average molecular weight is 379 g/mol. The highest BCUT2D eigenvalue weighted by Gasteiger charge is 2.28. The Morgan fingerprint density at radius 2 is 1.94 bits per heavy atom. The molecule has 0 heterocycles. The fraction of sp³-hybridized carbons (Fsp3) is 0.462. The molecule has 0 aliphatic carbocycles. The molecule has 0 unspecified atom stereocenters. The van der Waals surface area contributed by atoms with Crippen molar-refractivity contribution < 1.29 is 9.53 Å². The number of carbonyl (C=O) groups is 1. The number of ether oxygens (including phenoxy) is 1. The molecule has 0 saturated carbocycles. The van der Waals surface area contributed by atoms with Crippen molar-refractivity contribution >= 4 is 37.8 Å². The molecule has 0 aliphatic rings. The van der Waals surface area contributed by atoms with Gasteiger partial charge in [-0.15, -0.1) is 0 Å². The summed E-state index contributed by atoms with van der Waals surface area (Å²) in [6.45, 7) is 2.05. The fourth-order valence-corrected chi connectivity index (χ4v) is 3.52. The third-order valence-electron chi connectivity index (χ3n) is 2.92. The minimum Gasteiger partial charge on any atom is -0.496 e. The molecular formula is C13H17Br2NO2. The Balaban J connectivity index is 2.94. The Labute approximate surface area is 125 Å². The zero-order valence-electron chi connectivity index (χ0n) is 10.5. The van der Waals surface area contributed by atoms with E-state index in [1.807, 2.05) is 19.1 Å². The van der Waals surface area contributed by atoms with Crippen LogP contribution >= 0.6 is 31.9 Å². The molecule has 1 aromatic carbocycles. The van der Waals surface area contributed by atoms with Crippen molar-refractivity contribution in [3.8, 4) is 5.75 Å². The summed E-state index contributed by atoms with van der Waals surface area (Å²) in [5.74, 6) is 0.470. The van der Waals surface area contributed by atoms with Gasteiger partial charge >= 0.3 is 0 Å². The van der Waals surface area contributed by atoms with Gasteiger partial charge in [0, 0.05) is 10.7 Å². The molecule has 1 aromatic rings. The summed E-state index contributed by atoms with van der Waals surface area (Å²) in [5.41, 5.74) is 0.275. The van der Waals surface area contributed by atoms with Gasteiger partial charge in [-0.05, 0) is 18.6 Å². The topological polar surface area (TPSA) is 38.3 Å². The number of hydrogen-bond donors (Lipinski definition) is 1. The number of halogens is 2. The molecule has 0 saturated heterocycles. The Morgan fingerprint density at radius 1 is 1.33 bits per heavy atom. The molecule has 0 atom stereocenters. The first kappa shape index (κ1) is 15.5. The molecule has 0 bridgehead atoms. The third kappa shape index (κ3) is 3.48. The number of hydrogen-bond acceptors (Lipinski definition) is 2. The van der Waals surface area contributed by atoms with Crippen molar-refractivity contribution in [2.24, 2.45) is 0 Å². The van der Waals surface area contributed by atoms with Gasteiger partial charge in [0.05, 0.1) is 18.2 Å². The van der Waals surface area contributed by atoms with Gasteiger partial charge in [-0.2, -0.15) is 0 Å². The van der Waals surface area contributed by atoms with Crippen molar-refractivity contribution in [3.63, 3.8) is 0 Å². The maximum atomic E-state index is 12.3. The first-order valence-electron chi connectivity index (χ1n) is 5.70. The summed E-state index contributed by atoms with van der Waals surface area (Å²) in [6.07, 6.45) is 0.838. The van der Waals surface area contributed by atoms with Crippen molar-refractivity contribution in [2.45, 2.75) is 18.9 Å². The number of nitrogens with one attached hydrogen (secondary N) is 1. The molecule has 0 radical (unpaired) electrons. The molecule has 3 nitrogen and oxygen atoms in total. The van der Waals surface area contributed by atoms with Gasteiger partial charge in [-0.3, -0.25) is 4.79 Å². The molecule has 1 N–H and O–H groups in total. The molecule has 0 spiro atoms. The van der Waals surface area contributed by atoms with Gasteiger partial charge in [-0.25, -0.2) is 0 Å². The molecule has 1 rings (SSSR count). The first-order chi connectivity index (χ1) is 8.62. The fourth-order valence-electron chi connectivity index (χ4n) is 1.52. The number of para-hydroxylation sites is 1. The molecule has 100 valence electrons. The first-order valence-corrected chi connectivity index (χ1v) is 7.94. The lowest BCUT2D eigenvalue weighted by molar-refractivity contribution is 0.0912.